The van der Waals surface area contributed by atoms with Crippen LogP contribution in [0.4, 0.5) is 10.1 Å². The van der Waals surface area contributed by atoms with Crippen LogP contribution < -0.4 is 15.4 Å². The Kier molecular flexibility index (Phi) is 6.12. The van der Waals surface area contributed by atoms with Crippen molar-refractivity contribution in [3.63, 3.8) is 0 Å². The molecule has 0 spiro atoms. The van der Waals surface area contributed by atoms with Gasteiger partial charge in [0.2, 0.25) is 0 Å². The van der Waals surface area contributed by atoms with Crippen LogP contribution in [-0.4, -0.2) is 11.0 Å². The lowest BCUT2D eigenvalue weighted by Gasteiger charge is -2.10. The molecule has 3 aromatic carbocycles. The molecule has 6 heteroatoms. The summed E-state index contributed by atoms with van der Waals surface area (Å²) >= 11 is 5.11. The zero-order valence-electron chi connectivity index (χ0n) is 14.3. The zero-order chi connectivity index (χ0) is 19.1. The van der Waals surface area contributed by atoms with Crippen molar-refractivity contribution in [1.29, 1.82) is 0 Å². The highest BCUT2D eigenvalue weighted by Crippen LogP contribution is 2.14. The number of halogens is 1. The summed E-state index contributed by atoms with van der Waals surface area (Å²) in [4.78, 5) is 12.3. The van der Waals surface area contributed by atoms with Gasteiger partial charge in [-0.15, -0.1) is 0 Å². The van der Waals surface area contributed by atoms with Crippen LogP contribution in [0.15, 0.2) is 78.9 Å². The summed E-state index contributed by atoms with van der Waals surface area (Å²) in [5.41, 5.74) is 2.10. The number of nitrogens with one attached hydrogen (secondary N) is 2. The maximum Gasteiger partial charge on any atom is 0.257 e. The molecule has 0 aliphatic carbocycles. The SMILES string of the molecule is O=C(NC(=S)Nc1ccc(F)cc1)c1ccc(OCc2ccccc2)cc1. The first kappa shape index (κ1) is 18.5. The number of benzene rings is 3. The van der Waals surface area contributed by atoms with E-state index >= 15 is 0 Å². The summed E-state index contributed by atoms with van der Waals surface area (Å²) in [7, 11) is 0. The molecule has 0 saturated carbocycles. The Morgan fingerprint density at radius 3 is 2.26 bits per heavy atom. The van der Waals surface area contributed by atoms with Crippen LogP contribution in [0.1, 0.15) is 15.9 Å². The number of carbonyl (C=O) groups is 1. The highest BCUT2D eigenvalue weighted by molar-refractivity contribution is 7.80. The van der Waals surface area contributed by atoms with E-state index in [1.54, 1.807) is 24.3 Å². The highest BCUT2D eigenvalue weighted by atomic mass is 32.1. The van der Waals surface area contributed by atoms with E-state index < -0.39 is 0 Å². The van der Waals surface area contributed by atoms with E-state index in [1.807, 2.05) is 30.3 Å². The summed E-state index contributed by atoms with van der Waals surface area (Å²) < 4.78 is 18.6. The number of amides is 1. The molecule has 0 aliphatic heterocycles. The van der Waals surface area contributed by atoms with Gasteiger partial charge in [0.05, 0.1) is 0 Å². The molecule has 3 aromatic rings. The van der Waals surface area contributed by atoms with Gasteiger partial charge in [-0.2, -0.15) is 0 Å². The Morgan fingerprint density at radius 2 is 1.59 bits per heavy atom. The van der Waals surface area contributed by atoms with Crippen LogP contribution in [0.2, 0.25) is 0 Å². The maximum atomic E-state index is 12.9. The molecule has 1 amide bonds. The van der Waals surface area contributed by atoms with Gasteiger partial charge >= 0.3 is 0 Å². The van der Waals surface area contributed by atoms with Crippen molar-refractivity contribution in [1.82, 2.24) is 5.32 Å². The fourth-order valence-corrected chi connectivity index (χ4v) is 2.52. The lowest BCUT2D eigenvalue weighted by atomic mass is 10.2. The molecule has 0 atom stereocenters. The second-order valence-corrected chi connectivity index (χ2v) is 6.12. The standard InChI is InChI=1S/C21H17FN2O2S/c22-17-8-10-18(11-9-17)23-21(27)24-20(25)16-6-12-19(13-7-16)26-14-15-4-2-1-3-5-15/h1-13H,14H2,(H2,23,24,25,27). The molecule has 136 valence electrons. The molecule has 4 nitrogen and oxygen atoms in total. The predicted molar refractivity (Wildman–Crippen MR) is 107 cm³/mol. The van der Waals surface area contributed by atoms with Crippen LogP contribution in [0.3, 0.4) is 0 Å². The number of rotatable bonds is 5. The van der Waals surface area contributed by atoms with E-state index in [9.17, 15) is 9.18 Å². The maximum absolute atomic E-state index is 12.9. The summed E-state index contributed by atoms with van der Waals surface area (Å²) in [6.45, 7) is 0.456. The minimum Gasteiger partial charge on any atom is -0.489 e. The van der Waals surface area contributed by atoms with E-state index in [0.717, 1.165) is 5.56 Å². The van der Waals surface area contributed by atoms with E-state index in [1.165, 1.54) is 24.3 Å². The summed E-state index contributed by atoms with van der Waals surface area (Å²) in [6, 6.07) is 22.3. The molecule has 0 unspecified atom stereocenters. The number of carbonyl (C=O) groups excluding carboxylic acids is 1. The average Bonchev–Trinajstić information content (AvgIpc) is 2.69. The van der Waals surface area contributed by atoms with Crippen LogP contribution >= 0.6 is 12.2 Å². The summed E-state index contributed by atoms with van der Waals surface area (Å²) in [6.07, 6.45) is 0. The van der Waals surface area contributed by atoms with Gasteiger partial charge in [0.15, 0.2) is 5.11 Å². The molecule has 0 aliphatic rings. The van der Waals surface area contributed by atoms with Gasteiger partial charge in [-0.3, -0.25) is 10.1 Å². The Bertz CT molecular complexity index is 913. The Morgan fingerprint density at radius 1 is 0.926 bits per heavy atom. The smallest absolute Gasteiger partial charge is 0.257 e. The molecule has 27 heavy (non-hydrogen) atoms. The topological polar surface area (TPSA) is 50.4 Å². The van der Waals surface area contributed by atoms with Gasteiger partial charge in [-0.1, -0.05) is 30.3 Å². The molecule has 0 aromatic heterocycles. The Balaban J connectivity index is 1.52. The van der Waals surface area contributed by atoms with Gasteiger partial charge in [-0.25, -0.2) is 4.39 Å². The summed E-state index contributed by atoms with van der Waals surface area (Å²) in [5, 5.41) is 5.55. The molecule has 3 rings (SSSR count). The van der Waals surface area contributed by atoms with Crippen LogP contribution in [0, 0.1) is 5.82 Å². The third-order valence-corrected chi connectivity index (χ3v) is 3.90. The monoisotopic (exact) mass is 380 g/mol. The quantitative estimate of drug-likeness (QED) is 0.639. The highest BCUT2D eigenvalue weighted by Gasteiger charge is 2.08. The van der Waals surface area contributed by atoms with Crippen molar-refractivity contribution in [2.45, 2.75) is 6.61 Å². The summed E-state index contributed by atoms with van der Waals surface area (Å²) in [5.74, 6) is -0.0169. The normalized spacial score (nSPS) is 10.1. The molecule has 0 saturated heterocycles. The first-order valence-corrected chi connectivity index (χ1v) is 8.66. The third kappa shape index (κ3) is 5.62. The average molecular weight is 380 g/mol. The second-order valence-electron chi connectivity index (χ2n) is 5.71. The van der Waals surface area contributed by atoms with Crippen LogP contribution in [-0.2, 0) is 6.61 Å². The fraction of sp³-hybridized carbons (Fsp3) is 0.0476. The number of thiocarbonyl (C=S) groups is 1. The zero-order valence-corrected chi connectivity index (χ0v) is 15.1. The van der Waals surface area contributed by atoms with Gasteiger partial charge in [0.25, 0.3) is 5.91 Å². The first-order valence-electron chi connectivity index (χ1n) is 8.25. The molecule has 0 radical (unpaired) electrons. The lowest BCUT2D eigenvalue weighted by molar-refractivity contribution is 0.0977. The number of ether oxygens (including phenoxy) is 1. The van der Waals surface area contributed by atoms with Crippen LogP contribution in [0.25, 0.3) is 0 Å². The molecule has 0 heterocycles. The van der Waals surface area contributed by atoms with Gasteiger partial charge in [0, 0.05) is 11.3 Å². The third-order valence-electron chi connectivity index (χ3n) is 3.69. The Labute approximate surface area is 162 Å². The predicted octanol–water partition coefficient (Wildman–Crippen LogP) is 4.53. The minimum absolute atomic E-state index is 0.135. The minimum atomic E-state index is -0.343. The number of hydrogen-bond donors (Lipinski definition) is 2. The van der Waals surface area contributed by atoms with Crippen molar-refractivity contribution >= 4 is 28.9 Å². The van der Waals surface area contributed by atoms with E-state index in [4.69, 9.17) is 17.0 Å². The Hall–Kier alpha value is -3.25. The molecule has 0 fully saturated rings. The fourth-order valence-electron chi connectivity index (χ4n) is 2.31. The van der Waals surface area contributed by atoms with E-state index in [0.29, 0.717) is 23.6 Å². The van der Waals surface area contributed by atoms with Gasteiger partial charge in [-0.05, 0) is 66.3 Å². The van der Waals surface area contributed by atoms with Crippen molar-refractivity contribution in [3.8, 4) is 5.75 Å². The van der Waals surface area contributed by atoms with Crippen molar-refractivity contribution in [2.75, 3.05) is 5.32 Å². The second kappa shape index (κ2) is 8.91. The van der Waals surface area contributed by atoms with Crippen LogP contribution in [0.5, 0.6) is 5.75 Å². The number of anilines is 1. The van der Waals surface area contributed by atoms with Crippen molar-refractivity contribution in [2.24, 2.45) is 0 Å². The van der Waals surface area contributed by atoms with Crippen molar-refractivity contribution in [3.05, 3.63) is 95.8 Å². The van der Waals surface area contributed by atoms with Gasteiger partial charge in [0.1, 0.15) is 18.2 Å². The lowest BCUT2D eigenvalue weighted by Crippen LogP contribution is -2.34. The molecular formula is C21H17FN2O2S. The van der Waals surface area contributed by atoms with E-state index in [2.05, 4.69) is 10.6 Å². The first-order chi connectivity index (χ1) is 13.1. The van der Waals surface area contributed by atoms with E-state index in [-0.39, 0.29) is 16.8 Å². The largest absolute Gasteiger partial charge is 0.489 e. The molecular weight excluding hydrogens is 363 g/mol. The molecule has 0 bridgehead atoms. The van der Waals surface area contributed by atoms with Crippen molar-refractivity contribution < 1.29 is 13.9 Å². The van der Waals surface area contributed by atoms with Gasteiger partial charge < -0.3 is 10.1 Å². The molecule has 2 N–H and O–H groups in total. The number of hydrogen-bond acceptors (Lipinski definition) is 3.